The molecule has 4 rings (SSSR count). The van der Waals surface area contributed by atoms with Crippen molar-refractivity contribution in [3.63, 3.8) is 0 Å². The largest absolute Gasteiger partial charge is 0.497 e. The Morgan fingerprint density at radius 2 is 1.55 bits per heavy atom. The highest BCUT2D eigenvalue weighted by atomic mass is 16.5. The number of furan rings is 1. The highest BCUT2D eigenvalue weighted by molar-refractivity contribution is 5.61. The molecule has 0 atom stereocenters. The summed E-state index contributed by atoms with van der Waals surface area (Å²) in [6.45, 7) is 1.20. The first kappa shape index (κ1) is 18.6. The number of hydrogen-bond acceptors (Lipinski definition) is 6. The molecule has 0 radical (unpaired) electrons. The van der Waals surface area contributed by atoms with Gasteiger partial charge in [-0.15, -0.1) is 0 Å². The van der Waals surface area contributed by atoms with Crippen LogP contribution in [0.15, 0.2) is 83.5 Å². The second kappa shape index (κ2) is 8.93. The smallest absolute Gasteiger partial charge is 0.163 e. The van der Waals surface area contributed by atoms with Gasteiger partial charge in [0.25, 0.3) is 0 Å². The number of nitrogens with one attached hydrogen (secondary N) is 2. The summed E-state index contributed by atoms with van der Waals surface area (Å²) < 4.78 is 10.6. The van der Waals surface area contributed by atoms with E-state index in [0.29, 0.717) is 18.9 Å². The first-order valence-corrected chi connectivity index (χ1v) is 9.38. The fourth-order valence-corrected chi connectivity index (χ4v) is 2.87. The predicted molar refractivity (Wildman–Crippen MR) is 114 cm³/mol. The summed E-state index contributed by atoms with van der Waals surface area (Å²) in [5.74, 6) is 3.82. The van der Waals surface area contributed by atoms with Gasteiger partial charge in [-0.2, -0.15) is 0 Å². The van der Waals surface area contributed by atoms with Gasteiger partial charge in [0.15, 0.2) is 5.82 Å². The van der Waals surface area contributed by atoms with E-state index in [4.69, 9.17) is 9.15 Å². The second-order valence-electron chi connectivity index (χ2n) is 6.46. The Balaban J connectivity index is 1.54. The van der Waals surface area contributed by atoms with E-state index in [1.807, 2.05) is 72.8 Å². The molecular weight excluding hydrogens is 364 g/mol. The summed E-state index contributed by atoms with van der Waals surface area (Å²) >= 11 is 0. The summed E-state index contributed by atoms with van der Waals surface area (Å²) in [7, 11) is 1.66. The Labute approximate surface area is 169 Å². The highest BCUT2D eigenvalue weighted by Gasteiger charge is 2.08. The van der Waals surface area contributed by atoms with Crippen LogP contribution in [0.5, 0.6) is 5.75 Å². The predicted octanol–water partition coefficient (Wildman–Crippen LogP) is 4.97. The molecule has 4 aromatic rings. The second-order valence-corrected chi connectivity index (χ2v) is 6.46. The van der Waals surface area contributed by atoms with Gasteiger partial charge >= 0.3 is 0 Å². The highest BCUT2D eigenvalue weighted by Crippen LogP contribution is 2.21. The Morgan fingerprint density at radius 3 is 2.21 bits per heavy atom. The van der Waals surface area contributed by atoms with Gasteiger partial charge in [0, 0.05) is 18.2 Å². The quantitative estimate of drug-likeness (QED) is 0.445. The molecule has 0 fully saturated rings. The van der Waals surface area contributed by atoms with Crippen molar-refractivity contribution >= 4 is 11.6 Å². The van der Waals surface area contributed by atoms with Crippen LogP contribution in [0.3, 0.4) is 0 Å². The van der Waals surface area contributed by atoms with E-state index in [1.54, 1.807) is 13.4 Å². The molecule has 0 unspecified atom stereocenters. The molecule has 2 aromatic heterocycles. The fraction of sp³-hybridized carbons (Fsp3) is 0.130. The van der Waals surface area contributed by atoms with Gasteiger partial charge in [-0.1, -0.05) is 42.5 Å². The van der Waals surface area contributed by atoms with Crippen LogP contribution in [0.25, 0.3) is 11.4 Å². The molecule has 6 nitrogen and oxygen atoms in total. The first-order chi connectivity index (χ1) is 14.3. The number of nitrogens with zero attached hydrogens (tertiary/aromatic N) is 2. The van der Waals surface area contributed by atoms with Gasteiger partial charge < -0.3 is 19.8 Å². The normalized spacial score (nSPS) is 10.5. The van der Waals surface area contributed by atoms with Crippen LogP contribution in [-0.2, 0) is 13.1 Å². The Morgan fingerprint density at radius 1 is 0.828 bits per heavy atom. The van der Waals surface area contributed by atoms with Crippen molar-refractivity contribution in [2.75, 3.05) is 17.7 Å². The molecule has 0 saturated heterocycles. The lowest BCUT2D eigenvalue weighted by molar-refractivity contribution is 0.414. The van der Waals surface area contributed by atoms with Crippen molar-refractivity contribution in [2.45, 2.75) is 13.1 Å². The molecule has 2 heterocycles. The molecule has 2 N–H and O–H groups in total. The average molecular weight is 386 g/mol. The van der Waals surface area contributed by atoms with Crippen LogP contribution >= 0.6 is 0 Å². The van der Waals surface area contributed by atoms with E-state index in [1.165, 1.54) is 0 Å². The maximum absolute atomic E-state index is 5.39. The van der Waals surface area contributed by atoms with Gasteiger partial charge in [-0.05, 0) is 29.8 Å². The lowest BCUT2D eigenvalue weighted by atomic mass is 10.2. The third-order valence-electron chi connectivity index (χ3n) is 4.41. The molecule has 2 aromatic carbocycles. The molecule has 0 amide bonds. The summed E-state index contributed by atoms with van der Waals surface area (Å²) in [6.07, 6.45) is 1.66. The van der Waals surface area contributed by atoms with Crippen LogP contribution in [0.4, 0.5) is 11.6 Å². The van der Waals surface area contributed by atoms with E-state index in [-0.39, 0.29) is 0 Å². The molecule has 0 aliphatic rings. The molecule has 0 aliphatic carbocycles. The van der Waals surface area contributed by atoms with Gasteiger partial charge in [0.05, 0.1) is 19.9 Å². The summed E-state index contributed by atoms with van der Waals surface area (Å²) in [4.78, 5) is 9.35. The van der Waals surface area contributed by atoms with E-state index in [9.17, 15) is 0 Å². The minimum absolute atomic E-state index is 0.552. The number of benzene rings is 2. The number of hydrogen-bond donors (Lipinski definition) is 2. The SMILES string of the molecule is COc1ccc(CNc2cc(NCc3ccco3)nc(-c3ccccc3)n2)cc1. The zero-order chi connectivity index (χ0) is 19.9. The maximum atomic E-state index is 5.39. The lowest BCUT2D eigenvalue weighted by Crippen LogP contribution is -2.07. The Kier molecular flexibility index (Phi) is 5.71. The Bertz CT molecular complexity index is 1030. The van der Waals surface area contributed by atoms with Gasteiger partial charge in [-0.3, -0.25) is 0 Å². The molecule has 0 spiro atoms. The summed E-state index contributed by atoms with van der Waals surface area (Å²) in [5.41, 5.74) is 2.09. The number of methoxy groups -OCH3 is 1. The third kappa shape index (κ3) is 4.93. The van der Waals surface area contributed by atoms with Crippen molar-refractivity contribution in [2.24, 2.45) is 0 Å². The van der Waals surface area contributed by atoms with Crippen molar-refractivity contribution < 1.29 is 9.15 Å². The van der Waals surface area contributed by atoms with Crippen LogP contribution in [0, 0.1) is 0 Å². The topological polar surface area (TPSA) is 72.2 Å². The molecule has 0 bridgehead atoms. The number of anilines is 2. The van der Waals surface area contributed by atoms with E-state index in [0.717, 1.165) is 34.3 Å². The van der Waals surface area contributed by atoms with Gasteiger partial charge in [0.2, 0.25) is 0 Å². The van der Waals surface area contributed by atoms with Crippen LogP contribution in [0.2, 0.25) is 0 Å². The van der Waals surface area contributed by atoms with E-state index < -0.39 is 0 Å². The monoisotopic (exact) mass is 386 g/mol. The van der Waals surface area contributed by atoms with Crippen molar-refractivity contribution in [3.05, 3.63) is 90.4 Å². The van der Waals surface area contributed by atoms with Crippen molar-refractivity contribution in [1.82, 2.24) is 9.97 Å². The van der Waals surface area contributed by atoms with Crippen LogP contribution < -0.4 is 15.4 Å². The summed E-state index contributed by atoms with van der Waals surface area (Å²) in [6, 6.07) is 23.6. The Hall–Kier alpha value is -3.80. The average Bonchev–Trinajstić information content (AvgIpc) is 3.31. The van der Waals surface area contributed by atoms with E-state index >= 15 is 0 Å². The zero-order valence-corrected chi connectivity index (χ0v) is 16.1. The summed E-state index contributed by atoms with van der Waals surface area (Å²) in [5, 5.41) is 6.70. The standard InChI is InChI=1S/C23H22N4O2/c1-28-19-11-9-17(10-12-19)15-24-21-14-22(25-16-20-8-5-13-29-20)27-23(26-21)18-6-3-2-4-7-18/h2-14H,15-16H2,1H3,(H2,24,25,26,27). The molecular formula is C23H22N4O2. The van der Waals surface area contributed by atoms with Gasteiger partial charge in [0.1, 0.15) is 23.1 Å². The van der Waals surface area contributed by atoms with Crippen LogP contribution in [-0.4, -0.2) is 17.1 Å². The van der Waals surface area contributed by atoms with Crippen LogP contribution in [0.1, 0.15) is 11.3 Å². The number of rotatable bonds is 8. The van der Waals surface area contributed by atoms with Gasteiger partial charge in [-0.25, -0.2) is 9.97 Å². The molecule has 0 saturated carbocycles. The van der Waals surface area contributed by atoms with Crippen molar-refractivity contribution in [1.29, 1.82) is 0 Å². The minimum Gasteiger partial charge on any atom is -0.497 e. The third-order valence-corrected chi connectivity index (χ3v) is 4.41. The molecule has 0 aliphatic heterocycles. The molecule has 6 heteroatoms. The molecule has 29 heavy (non-hydrogen) atoms. The van der Waals surface area contributed by atoms with Crippen molar-refractivity contribution in [3.8, 4) is 17.1 Å². The fourth-order valence-electron chi connectivity index (χ4n) is 2.87. The first-order valence-electron chi connectivity index (χ1n) is 9.38. The number of aromatic nitrogens is 2. The molecule has 146 valence electrons. The lowest BCUT2D eigenvalue weighted by Gasteiger charge is -2.11. The number of ether oxygens (including phenoxy) is 1. The minimum atomic E-state index is 0.552. The zero-order valence-electron chi connectivity index (χ0n) is 16.1. The van der Waals surface area contributed by atoms with E-state index in [2.05, 4.69) is 20.6 Å². The maximum Gasteiger partial charge on any atom is 0.163 e.